The molecule has 2 fully saturated rings. The molecule has 116 valence electrons. The highest BCUT2D eigenvalue weighted by Gasteiger charge is 2.42. The summed E-state index contributed by atoms with van der Waals surface area (Å²) in [5.74, 6) is 0.459. The minimum Gasteiger partial charge on any atom is -0.336 e. The Labute approximate surface area is 124 Å². The zero-order valence-electron chi connectivity index (χ0n) is 12.2. The minimum absolute atomic E-state index is 0.0355. The molecule has 2 aliphatic rings. The van der Waals surface area contributed by atoms with Gasteiger partial charge in [-0.25, -0.2) is 4.79 Å². The Bertz CT molecular complexity index is 450. The van der Waals surface area contributed by atoms with Gasteiger partial charge in [-0.2, -0.15) is 5.10 Å². The number of carbonyl (C=O) groups is 1. The summed E-state index contributed by atoms with van der Waals surface area (Å²) in [5, 5.41) is 7.10. The maximum Gasteiger partial charge on any atom is 0.317 e. The molecule has 0 aromatic carbocycles. The van der Waals surface area contributed by atoms with Crippen LogP contribution < -0.4 is 5.32 Å². The van der Waals surface area contributed by atoms with Gasteiger partial charge in [0.2, 0.25) is 0 Å². The molecule has 2 unspecified atom stereocenters. The number of carbonyl (C=O) groups excluding carboxylic acids is 1. The van der Waals surface area contributed by atoms with Gasteiger partial charge in [0.05, 0.1) is 13.2 Å². The molecular weight excluding hydrogens is 271 g/mol. The van der Waals surface area contributed by atoms with Crippen LogP contribution in [-0.4, -0.2) is 46.0 Å². The van der Waals surface area contributed by atoms with Crippen LogP contribution in [0.15, 0.2) is 18.5 Å². The Morgan fingerprint density at radius 1 is 1.33 bits per heavy atom. The Morgan fingerprint density at radius 2 is 2.10 bits per heavy atom. The van der Waals surface area contributed by atoms with Crippen LogP contribution in [0.4, 0.5) is 9.18 Å². The van der Waals surface area contributed by atoms with E-state index >= 15 is 0 Å². The molecule has 5 nitrogen and oxygen atoms in total. The summed E-state index contributed by atoms with van der Waals surface area (Å²) in [7, 11) is 0. The fourth-order valence-electron chi connectivity index (χ4n) is 3.81. The third-order valence-corrected chi connectivity index (χ3v) is 4.76. The smallest absolute Gasteiger partial charge is 0.317 e. The molecule has 1 aromatic heterocycles. The second-order valence-corrected chi connectivity index (χ2v) is 6.11. The Hall–Kier alpha value is -1.59. The number of hydrogen-bond donors (Lipinski definition) is 1. The summed E-state index contributed by atoms with van der Waals surface area (Å²) in [6.45, 7) is 1.04. The zero-order valence-corrected chi connectivity index (χ0v) is 12.2. The quantitative estimate of drug-likeness (QED) is 0.905. The van der Waals surface area contributed by atoms with E-state index in [1.54, 1.807) is 6.20 Å². The third-order valence-electron chi connectivity index (χ3n) is 4.76. The Balaban J connectivity index is 1.49. The number of halogens is 1. The van der Waals surface area contributed by atoms with E-state index in [4.69, 9.17) is 0 Å². The highest BCUT2D eigenvalue weighted by Crippen LogP contribution is 2.39. The normalized spacial score (nSPS) is 27.9. The van der Waals surface area contributed by atoms with Gasteiger partial charge in [-0.15, -0.1) is 0 Å². The lowest BCUT2D eigenvalue weighted by molar-refractivity contribution is 0.116. The van der Waals surface area contributed by atoms with E-state index in [2.05, 4.69) is 10.4 Å². The summed E-state index contributed by atoms with van der Waals surface area (Å²) >= 11 is 0. The average molecular weight is 294 g/mol. The Kier molecular flexibility index (Phi) is 4.41. The lowest BCUT2D eigenvalue weighted by Gasteiger charge is -2.38. The predicted octanol–water partition coefficient (Wildman–Crippen LogP) is 2.20. The van der Waals surface area contributed by atoms with Crippen LogP contribution >= 0.6 is 0 Å². The number of piperidine rings is 1. The summed E-state index contributed by atoms with van der Waals surface area (Å²) in [6.07, 6.45) is 8.35. The molecule has 2 bridgehead atoms. The second-order valence-electron chi connectivity index (χ2n) is 6.11. The van der Waals surface area contributed by atoms with Crippen molar-refractivity contribution >= 4 is 6.03 Å². The van der Waals surface area contributed by atoms with Crippen molar-refractivity contribution in [1.29, 1.82) is 0 Å². The summed E-state index contributed by atoms with van der Waals surface area (Å²) < 4.78 is 14.3. The van der Waals surface area contributed by atoms with E-state index in [1.807, 2.05) is 21.8 Å². The van der Waals surface area contributed by atoms with Crippen molar-refractivity contribution in [1.82, 2.24) is 20.0 Å². The maximum absolute atomic E-state index is 12.5. The second kappa shape index (κ2) is 6.45. The van der Waals surface area contributed by atoms with Crippen LogP contribution in [0.3, 0.4) is 0 Å². The predicted molar refractivity (Wildman–Crippen MR) is 77.6 cm³/mol. The van der Waals surface area contributed by atoms with Gasteiger partial charge in [0.1, 0.15) is 0 Å². The molecule has 2 atom stereocenters. The summed E-state index contributed by atoms with van der Waals surface area (Å²) in [5.41, 5.74) is 0. The van der Waals surface area contributed by atoms with Gasteiger partial charge in [-0.1, -0.05) is 0 Å². The SMILES string of the molecule is O=C(NCCn1cccn1)N1C2CCC1CC(CCF)C2. The largest absolute Gasteiger partial charge is 0.336 e. The molecule has 0 saturated carbocycles. The van der Waals surface area contributed by atoms with Crippen molar-refractivity contribution in [2.75, 3.05) is 13.2 Å². The number of rotatable bonds is 5. The van der Waals surface area contributed by atoms with E-state index in [9.17, 15) is 9.18 Å². The van der Waals surface area contributed by atoms with Crippen LogP contribution in [-0.2, 0) is 6.54 Å². The number of amides is 2. The van der Waals surface area contributed by atoms with E-state index in [1.165, 1.54) is 0 Å². The number of urea groups is 1. The van der Waals surface area contributed by atoms with E-state index < -0.39 is 0 Å². The highest BCUT2D eigenvalue weighted by atomic mass is 19.1. The topological polar surface area (TPSA) is 50.2 Å². The van der Waals surface area contributed by atoms with Gasteiger partial charge in [0.25, 0.3) is 0 Å². The molecule has 0 radical (unpaired) electrons. The fraction of sp³-hybridized carbons (Fsp3) is 0.733. The number of nitrogens with zero attached hydrogens (tertiary/aromatic N) is 3. The van der Waals surface area contributed by atoms with Crippen LogP contribution in [0.5, 0.6) is 0 Å². The first kappa shape index (κ1) is 14.4. The van der Waals surface area contributed by atoms with Crippen molar-refractivity contribution in [3.63, 3.8) is 0 Å². The van der Waals surface area contributed by atoms with Crippen molar-refractivity contribution in [2.24, 2.45) is 5.92 Å². The van der Waals surface area contributed by atoms with Gasteiger partial charge >= 0.3 is 6.03 Å². The van der Waals surface area contributed by atoms with Gasteiger partial charge in [-0.05, 0) is 44.1 Å². The van der Waals surface area contributed by atoms with Gasteiger partial charge in [-0.3, -0.25) is 9.07 Å². The van der Waals surface area contributed by atoms with Crippen LogP contribution in [0.1, 0.15) is 32.1 Å². The number of alkyl halides is 1. The first-order valence-electron chi connectivity index (χ1n) is 7.87. The molecule has 21 heavy (non-hydrogen) atoms. The molecule has 1 N–H and O–H groups in total. The first-order chi connectivity index (χ1) is 10.3. The van der Waals surface area contributed by atoms with Crippen molar-refractivity contribution in [2.45, 2.75) is 50.7 Å². The van der Waals surface area contributed by atoms with Gasteiger partial charge in [0.15, 0.2) is 0 Å². The molecule has 2 aliphatic heterocycles. The molecule has 3 rings (SSSR count). The zero-order chi connectivity index (χ0) is 14.7. The van der Waals surface area contributed by atoms with Crippen molar-refractivity contribution < 1.29 is 9.18 Å². The molecule has 0 spiro atoms. The van der Waals surface area contributed by atoms with Gasteiger partial charge in [0, 0.05) is 31.0 Å². The molecule has 1 aromatic rings. The molecule has 6 heteroatoms. The van der Waals surface area contributed by atoms with Crippen LogP contribution in [0, 0.1) is 5.92 Å². The fourth-order valence-corrected chi connectivity index (χ4v) is 3.81. The number of fused-ring (bicyclic) bond motifs is 2. The molecule has 2 saturated heterocycles. The van der Waals surface area contributed by atoms with Crippen molar-refractivity contribution in [3.8, 4) is 0 Å². The standard InChI is InChI=1S/C15H23FN4O/c16-5-4-12-10-13-2-3-14(11-12)20(13)15(21)17-7-9-19-8-1-6-18-19/h1,6,8,12-14H,2-5,7,9-11H2,(H,17,21). The van der Waals surface area contributed by atoms with Crippen LogP contribution in [0.25, 0.3) is 0 Å². The number of nitrogens with one attached hydrogen (secondary N) is 1. The lowest BCUT2D eigenvalue weighted by atomic mass is 9.89. The first-order valence-corrected chi connectivity index (χ1v) is 7.87. The van der Waals surface area contributed by atoms with E-state index in [-0.39, 0.29) is 12.7 Å². The minimum atomic E-state index is -0.236. The highest BCUT2D eigenvalue weighted by molar-refractivity contribution is 5.75. The van der Waals surface area contributed by atoms with E-state index in [0.29, 0.717) is 37.5 Å². The third kappa shape index (κ3) is 3.19. The average Bonchev–Trinajstić information content (AvgIpc) is 3.06. The monoisotopic (exact) mass is 294 g/mol. The number of hydrogen-bond acceptors (Lipinski definition) is 2. The van der Waals surface area contributed by atoms with Gasteiger partial charge < -0.3 is 10.2 Å². The van der Waals surface area contributed by atoms with E-state index in [0.717, 1.165) is 25.7 Å². The molecule has 3 heterocycles. The molecule has 0 aliphatic carbocycles. The summed E-state index contributed by atoms with van der Waals surface area (Å²) in [4.78, 5) is 14.4. The van der Waals surface area contributed by atoms with Crippen LogP contribution in [0.2, 0.25) is 0 Å². The number of aromatic nitrogens is 2. The Morgan fingerprint density at radius 3 is 2.71 bits per heavy atom. The molecular formula is C15H23FN4O. The lowest BCUT2D eigenvalue weighted by Crippen LogP contribution is -2.51. The summed E-state index contributed by atoms with van der Waals surface area (Å²) in [6, 6.07) is 2.53. The van der Waals surface area contributed by atoms with Crippen molar-refractivity contribution in [3.05, 3.63) is 18.5 Å². The maximum atomic E-state index is 12.5. The molecule has 2 amide bonds.